The number of hydrogen-bond acceptors (Lipinski definition) is 9. The van der Waals surface area contributed by atoms with Gasteiger partial charge >= 0.3 is 20.2 Å². The molecule has 0 fully saturated rings. The van der Waals surface area contributed by atoms with Gasteiger partial charge in [-0.25, -0.2) is 0 Å². The molecule has 0 saturated carbocycles. The molecule has 1 heterocycles. The molecule has 1 aliphatic heterocycles. The Morgan fingerprint density at radius 1 is 0.900 bits per heavy atom. The minimum Gasteiger partial charge on any atom is -0.367 e. The van der Waals surface area contributed by atoms with Crippen LogP contribution in [0, 0.1) is 5.92 Å². The van der Waals surface area contributed by atoms with Crippen LogP contribution < -0.4 is 0 Å². The van der Waals surface area contributed by atoms with Crippen LogP contribution in [0.15, 0.2) is 52.6 Å². The molecule has 30 heavy (non-hydrogen) atoms. The number of rotatable bonds is 2. The van der Waals surface area contributed by atoms with E-state index in [0.717, 1.165) is 18.4 Å². The summed E-state index contributed by atoms with van der Waals surface area (Å²) in [7, 11) is -12.0. The normalized spacial score (nSPS) is 33.2. The zero-order valence-corrected chi connectivity index (χ0v) is 16.3. The zero-order valence-electron chi connectivity index (χ0n) is 14.7. The summed E-state index contributed by atoms with van der Waals surface area (Å²) in [6.45, 7) is 0. The van der Waals surface area contributed by atoms with Crippen molar-refractivity contribution in [2.75, 3.05) is 0 Å². The lowest BCUT2D eigenvalue weighted by atomic mass is 9.67. The van der Waals surface area contributed by atoms with Crippen molar-refractivity contribution < 1.29 is 45.7 Å². The summed E-state index contributed by atoms with van der Waals surface area (Å²) in [5, 5.41) is 22.0. The quantitative estimate of drug-likeness (QED) is 0.408. The lowest BCUT2D eigenvalue weighted by molar-refractivity contribution is -0.0591. The molecule has 4 N–H and O–H groups in total. The van der Waals surface area contributed by atoms with E-state index >= 15 is 0 Å². The maximum absolute atomic E-state index is 13.2. The summed E-state index contributed by atoms with van der Waals surface area (Å²) >= 11 is 0. The van der Waals surface area contributed by atoms with Crippen molar-refractivity contribution in [3.63, 3.8) is 0 Å². The molecule has 1 aromatic carbocycles. The summed E-state index contributed by atoms with van der Waals surface area (Å²) in [5.74, 6) is -3.76. The molecule has 11 nitrogen and oxygen atoms in total. The second kappa shape index (κ2) is 6.00. The van der Waals surface area contributed by atoms with E-state index in [1.54, 1.807) is 0 Å². The average molecular weight is 455 g/mol. The topological polar surface area (TPSA) is 196 Å². The van der Waals surface area contributed by atoms with Gasteiger partial charge in [0.1, 0.15) is 6.04 Å². The highest BCUT2D eigenvalue weighted by atomic mass is 32.2. The number of ketones is 2. The van der Waals surface area contributed by atoms with Gasteiger partial charge in [-0.3, -0.25) is 23.7 Å². The van der Waals surface area contributed by atoms with E-state index in [1.807, 2.05) is 0 Å². The van der Waals surface area contributed by atoms with E-state index < -0.39 is 64.8 Å². The Balaban J connectivity index is 2.23. The van der Waals surface area contributed by atoms with Crippen molar-refractivity contribution in [1.29, 1.82) is 0 Å². The predicted molar refractivity (Wildman–Crippen MR) is 100 cm³/mol. The minimum absolute atomic E-state index is 0.155. The molecule has 13 heteroatoms. The lowest BCUT2D eigenvalue weighted by Gasteiger charge is -2.50. The van der Waals surface area contributed by atoms with Crippen LogP contribution in [-0.2, 0) is 20.2 Å². The van der Waals surface area contributed by atoms with Crippen LogP contribution in [0.5, 0.6) is 0 Å². The third kappa shape index (κ3) is 2.24. The molecule has 4 atom stereocenters. The second-order valence-corrected chi connectivity index (χ2v) is 10.1. The van der Waals surface area contributed by atoms with E-state index in [2.05, 4.69) is 4.99 Å². The Hall–Kier alpha value is -2.55. The van der Waals surface area contributed by atoms with Crippen molar-refractivity contribution in [2.24, 2.45) is 10.9 Å². The zero-order chi connectivity index (χ0) is 22.3. The Morgan fingerprint density at radius 2 is 1.47 bits per heavy atom. The molecule has 0 saturated heterocycles. The number of aliphatic imine (C=N–C) groups is 1. The summed E-state index contributed by atoms with van der Waals surface area (Å²) in [6.07, 6.45) is 3.34. The van der Waals surface area contributed by atoms with Gasteiger partial charge in [0.2, 0.25) is 0 Å². The van der Waals surface area contributed by atoms with Crippen LogP contribution in [0.25, 0.3) is 0 Å². The van der Waals surface area contributed by atoms with Crippen molar-refractivity contribution in [1.82, 2.24) is 0 Å². The van der Waals surface area contributed by atoms with E-state index in [4.69, 9.17) is 0 Å². The SMILES string of the molecule is O=C1C2=C(C(=O)c3ccccc31)[C@](O)(S(=O)(=O)O)[C@@](O)(S(=O)(=O)O)[C@H]1N=CC=C[C@H]21. The molecule has 0 bridgehead atoms. The molecule has 0 unspecified atom stereocenters. The van der Waals surface area contributed by atoms with Crippen molar-refractivity contribution in [3.8, 4) is 0 Å². The maximum atomic E-state index is 13.2. The molecule has 3 aliphatic rings. The average Bonchev–Trinajstić information content (AvgIpc) is 2.67. The van der Waals surface area contributed by atoms with E-state index in [0.29, 0.717) is 0 Å². The highest BCUT2D eigenvalue weighted by Crippen LogP contribution is 2.54. The molecule has 1 aromatic rings. The number of aliphatic hydroxyl groups is 2. The molecule has 0 aromatic heterocycles. The van der Waals surface area contributed by atoms with Gasteiger partial charge in [0.25, 0.3) is 9.87 Å². The van der Waals surface area contributed by atoms with E-state index in [9.17, 15) is 45.7 Å². The highest BCUT2D eigenvalue weighted by Gasteiger charge is 2.77. The van der Waals surface area contributed by atoms with Gasteiger partial charge in [-0.2, -0.15) is 16.8 Å². The molecule has 158 valence electrons. The van der Waals surface area contributed by atoms with Crippen LogP contribution in [-0.4, -0.2) is 69.8 Å². The molecule has 2 aliphatic carbocycles. The number of hydrogen-bond donors (Lipinski definition) is 4. The first-order valence-electron chi connectivity index (χ1n) is 8.30. The smallest absolute Gasteiger partial charge is 0.304 e. The Bertz CT molecular complexity index is 1320. The number of carbonyl (C=O) groups excluding carboxylic acids is 2. The Kier molecular flexibility index (Phi) is 4.14. The van der Waals surface area contributed by atoms with Gasteiger partial charge in [-0.15, -0.1) is 0 Å². The van der Waals surface area contributed by atoms with Gasteiger partial charge in [-0.1, -0.05) is 30.3 Å². The molecular weight excluding hydrogens is 442 g/mol. The fourth-order valence-corrected chi connectivity index (χ4v) is 6.73. The van der Waals surface area contributed by atoms with E-state index in [1.165, 1.54) is 24.3 Å². The van der Waals surface area contributed by atoms with Crippen LogP contribution in [0.3, 0.4) is 0 Å². The number of carbonyl (C=O) groups is 2. The molecular formula is C17H13NO10S2. The first-order valence-corrected chi connectivity index (χ1v) is 11.2. The number of nitrogens with zero attached hydrogens (tertiary/aromatic N) is 1. The van der Waals surface area contributed by atoms with Gasteiger partial charge in [0.15, 0.2) is 11.6 Å². The number of Topliss-reactive ketones (excluding diaryl/α,β-unsaturated/α-hetero) is 2. The monoisotopic (exact) mass is 455 g/mol. The van der Waals surface area contributed by atoms with Gasteiger partial charge in [0.05, 0.1) is 5.57 Å². The first kappa shape index (κ1) is 20.7. The Morgan fingerprint density at radius 3 is 2.00 bits per heavy atom. The molecule has 4 rings (SSSR count). The molecule has 0 spiro atoms. The van der Waals surface area contributed by atoms with Crippen molar-refractivity contribution in [2.45, 2.75) is 15.9 Å². The van der Waals surface area contributed by atoms with Crippen molar-refractivity contribution >= 4 is 38.0 Å². The number of benzene rings is 1. The highest BCUT2D eigenvalue weighted by molar-refractivity contribution is 7.91. The van der Waals surface area contributed by atoms with Gasteiger partial charge < -0.3 is 10.2 Å². The van der Waals surface area contributed by atoms with E-state index in [-0.39, 0.29) is 11.1 Å². The third-order valence-corrected chi connectivity index (χ3v) is 8.19. The summed E-state index contributed by atoms with van der Waals surface area (Å²) in [4.78, 5) is 21.5. The predicted octanol–water partition coefficient (Wildman–Crippen LogP) is -0.846. The summed E-state index contributed by atoms with van der Waals surface area (Å²) in [5.41, 5.74) is -2.57. The fraction of sp³-hybridized carbons (Fsp3) is 0.235. The Labute approximate surface area is 169 Å². The van der Waals surface area contributed by atoms with Crippen LogP contribution in [0.4, 0.5) is 0 Å². The minimum atomic E-state index is -6.06. The summed E-state index contributed by atoms with van der Waals surface area (Å²) < 4.78 is 68.5. The number of dihydropyridines is 1. The van der Waals surface area contributed by atoms with Crippen LogP contribution >= 0.6 is 0 Å². The van der Waals surface area contributed by atoms with Crippen molar-refractivity contribution in [3.05, 3.63) is 58.7 Å². The maximum Gasteiger partial charge on any atom is 0.304 e. The standard InChI is InChI=1S/C17H13NO10S2/c19-13-8-4-1-2-5-9(8)14(20)12-11(13)10-6-3-7-18-15(10)17(22,30(26,27)28)16(12,21)29(23,24)25/h1-7,10,15,21-22H,(H,23,24,25)(H,26,27,28)/t10-,15+,16+,17+/m1/s1. The largest absolute Gasteiger partial charge is 0.367 e. The van der Waals surface area contributed by atoms with Crippen LogP contribution in [0.2, 0.25) is 0 Å². The first-order chi connectivity index (χ1) is 13.8. The molecule has 0 amide bonds. The third-order valence-electron chi connectivity index (χ3n) is 5.47. The summed E-state index contributed by atoms with van der Waals surface area (Å²) in [6, 6.07) is 2.96. The fourth-order valence-electron chi connectivity index (χ4n) is 4.18. The molecule has 0 radical (unpaired) electrons. The second-order valence-electron chi connectivity index (χ2n) is 6.94. The van der Waals surface area contributed by atoms with Gasteiger partial charge in [0, 0.05) is 28.8 Å². The van der Waals surface area contributed by atoms with Gasteiger partial charge in [-0.05, 0) is 6.08 Å². The lowest BCUT2D eigenvalue weighted by Crippen LogP contribution is -2.74. The van der Waals surface area contributed by atoms with Crippen LogP contribution in [0.1, 0.15) is 20.7 Å². The number of fused-ring (bicyclic) bond motifs is 3. The number of allylic oxidation sites excluding steroid dienone is 1.